The molecule has 1 heterocycles. The highest BCUT2D eigenvalue weighted by Gasteiger charge is 2.13. The standard InChI is InChI=1S/C8H15N3/c1-2-3-7-6-10-8(11-7)4-5-9/h2,7H,1,3-6,9H2,(H,10,11). The molecule has 3 N–H and O–H groups in total. The van der Waals surface area contributed by atoms with Gasteiger partial charge in [0, 0.05) is 13.0 Å². The normalized spacial score (nSPS) is 22.6. The average molecular weight is 153 g/mol. The number of aliphatic imine (C=N–C) groups is 1. The van der Waals surface area contributed by atoms with E-state index in [9.17, 15) is 0 Å². The van der Waals surface area contributed by atoms with Crippen LogP contribution in [0, 0.1) is 0 Å². The Balaban J connectivity index is 2.34. The topological polar surface area (TPSA) is 50.4 Å². The van der Waals surface area contributed by atoms with Gasteiger partial charge in [-0.05, 0) is 13.0 Å². The highest BCUT2D eigenvalue weighted by atomic mass is 15.1. The molecule has 1 aliphatic rings. The second-order valence-corrected chi connectivity index (χ2v) is 2.67. The lowest BCUT2D eigenvalue weighted by atomic mass is 10.2. The van der Waals surface area contributed by atoms with Crippen molar-refractivity contribution in [3.8, 4) is 0 Å². The van der Waals surface area contributed by atoms with Crippen molar-refractivity contribution < 1.29 is 0 Å². The summed E-state index contributed by atoms with van der Waals surface area (Å²) in [5.41, 5.74) is 5.39. The van der Waals surface area contributed by atoms with Gasteiger partial charge < -0.3 is 11.1 Å². The molecule has 0 spiro atoms. The Hall–Kier alpha value is -0.830. The minimum atomic E-state index is 0.397. The molecule has 0 saturated carbocycles. The minimum absolute atomic E-state index is 0.397. The van der Waals surface area contributed by atoms with Crippen molar-refractivity contribution in [2.24, 2.45) is 10.7 Å². The predicted molar refractivity (Wildman–Crippen MR) is 47.7 cm³/mol. The molecule has 0 aromatic heterocycles. The van der Waals surface area contributed by atoms with Crippen LogP contribution in [0.3, 0.4) is 0 Å². The summed E-state index contributed by atoms with van der Waals surface area (Å²) in [4.78, 5) is 4.42. The van der Waals surface area contributed by atoms with Crippen LogP contribution < -0.4 is 11.1 Å². The van der Waals surface area contributed by atoms with E-state index in [1.54, 1.807) is 0 Å². The molecule has 3 nitrogen and oxygen atoms in total. The highest BCUT2D eigenvalue weighted by Crippen LogP contribution is 2.04. The Bertz CT molecular complexity index is 163. The number of hydrogen-bond donors (Lipinski definition) is 2. The molecule has 0 amide bonds. The number of nitrogens with two attached hydrogens (primary N) is 1. The predicted octanol–water partition coefficient (Wildman–Crippen LogP) is 0.282. The Morgan fingerprint density at radius 3 is 3.27 bits per heavy atom. The molecule has 1 atom stereocenters. The van der Waals surface area contributed by atoms with Crippen molar-refractivity contribution in [1.29, 1.82) is 0 Å². The summed E-state index contributed by atoms with van der Waals surface area (Å²) in [6, 6.07) is 0.397. The van der Waals surface area contributed by atoms with Gasteiger partial charge in [0.15, 0.2) is 0 Å². The van der Waals surface area contributed by atoms with Crippen LogP contribution >= 0.6 is 0 Å². The third-order valence-electron chi connectivity index (χ3n) is 1.70. The smallest absolute Gasteiger partial charge is 0.0980 e. The van der Waals surface area contributed by atoms with Crippen molar-refractivity contribution in [2.45, 2.75) is 18.9 Å². The first-order valence-corrected chi connectivity index (χ1v) is 3.98. The molecule has 0 aromatic carbocycles. The van der Waals surface area contributed by atoms with E-state index in [2.05, 4.69) is 16.9 Å². The first kappa shape index (κ1) is 8.27. The fourth-order valence-electron chi connectivity index (χ4n) is 1.17. The number of rotatable bonds is 4. The number of amidine groups is 1. The molecule has 0 bridgehead atoms. The molecule has 1 unspecified atom stereocenters. The maximum atomic E-state index is 5.39. The van der Waals surface area contributed by atoms with E-state index in [4.69, 9.17) is 5.73 Å². The number of nitrogens with one attached hydrogen (secondary N) is 1. The lowest BCUT2D eigenvalue weighted by Gasteiger charge is -1.98. The summed E-state index contributed by atoms with van der Waals surface area (Å²) >= 11 is 0. The van der Waals surface area contributed by atoms with Gasteiger partial charge >= 0.3 is 0 Å². The van der Waals surface area contributed by atoms with Crippen LogP contribution in [0.25, 0.3) is 0 Å². The summed E-state index contributed by atoms with van der Waals surface area (Å²) in [6.07, 6.45) is 3.73. The van der Waals surface area contributed by atoms with Crippen LogP contribution in [-0.2, 0) is 0 Å². The van der Waals surface area contributed by atoms with E-state index in [1.165, 1.54) is 0 Å². The van der Waals surface area contributed by atoms with Gasteiger partial charge in [-0.25, -0.2) is 0 Å². The SMILES string of the molecule is C=CCC1CNC(CCN)=N1. The molecule has 0 fully saturated rings. The largest absolute Gasteiger partial charge is 0.372 e. The van der Waals surface area contributed by atoms with E-state index in [-0.39, 0.29) is 0 Å². The van der Waals surface area contributed by atoms with Gasteiger partial charge in [0.2, 0.25) is 0 Å². The molecule has 11 heavy (non-hydrogen) atoms. The second kappa shape index (κ2) is 4.13. The van der Waals surface area contributed by atoms with Gasteiger partial charge in [0.1, 0.15) is 0 Å². The van der Waals surface area contributed by atoms with Gasteiger partial charge in [0.05, 0.1) is 11.9 Å². The Kier molecular flexibility index (Phi) is 3.11. The molecule has 0 saturated heterocycles. The van der Waals surface area contributed by atoms with Crippen molar-refractivity contribution in [1.82, 2.24) is 5.32 Å². The van der Waals surface area contributed by atoms with E-state index < -0.39 is 0 Å². The molecule has 1 rings (SSSR count). The van der Waals surface area contributed by atoms with Crippen LogP contribution in [-0.4, -0.2) is 25.0 Å². The van der Waals surface area contributed by atoms with Gasteiger partial charge in [-0.15, -0.1) is 6.58 Å². The van der Waals surface area contributed by atoms with Crippen LogP contribution in [0.5, 0.6) is 0 Å². The maximum Gasteiger partial charge on any atom is 0.0980 e. The molecular weight excluding hydrogens is 138 g/mol. The van der Waals surface area contributed by atoms with Crippen LogP contribution in [0.4, 0.5) is 0 Å². The Labute approximate surface area is 67.4 Å². The molecule has 3 heteroatoms. The summed E-state index contributed by atoms with van der Waals surface area (Å²) in [6.45, 7) is 5.29. The molecule has 0 radical (unpaired) electrons. The number of hydrogen-bond acceptors (Lipinski definition) is 3. The van der Waals surface area contributed by atoms with Crippen LogP contribution in [0.15, 0.2) is 17.6 Å². The van der Waals surface area contributed by atoms with Crippen LogP contribution in [0.2, 0.25) is 0 Å². The van der Waals surface area contributed by atoms with Crippen molar-refractivity contribution >= 4 is 5.84 Å². The second-order valence-electron chi connectivity index (χ2n) is 2.67. The highest BCUT2D eigenvalue weighted by molar-refractivity contribution is 5.84. The molecule has 1 aliphatic heterocycles. The van der Waals surface area contributed by atoms with E-state index in [0.29, 0.717) is 12.6 Å². The zero-order valence-electron chi connectivity index (χ0n) is 6.71. The average Bonchev–Trinajstić information content (AvgIpc) is 2.38. The maximum absolute atomic E-state index is 5.39. The van der Waals surface area contributed by atoms with E-state index >= 15 is 0 Å². The van der Waals surface area contributed by atoms with E-state index in [1.807, 2.05) is 6.08 Å². The third-order valence-corrected chi connectivity index (χ3v) is 1.70. The van der Waals surface area contributed by atoms with Gasteiger partial charge in [-0.1, -0.05) is 6.08 Å². The van der Waals surface area contributed by atoms with Gasteiger partial charge in [-0.3, -0.25) is 4.99 Å². The quantitative estimate of drug-likeness (QED) is 0.570. The van der Waals surface area contributed by atoms with Crippen LogP contribution in [0.1, 0.15) is 12.8 Å². The molecule has 0 aromatic rings. The zero-order valence-corrected chi connectivity index (χ0v) is 6.71. The lowest BCUT2D eigenvalue weighted by molar-refractivity contribution is 0.708. The first-order valence-electron chi connectivity index (χ1n) is 3.98. The Morgan fingerprint density at radius 2 is 2.64 bits per heavy atom. The fourth-order valence-corrected chi connectivity index (χ4v) is 1.17. The summed E-state index contributed by atoms with van der Waals surface area (Å²) in [5, 5.41) is 3.21. The van der Waals surface area contributed by atoms with Crippen molar-refractivity contribution in [3.63, 3.8) is 0 Å². The molecule has 62 valence electrons. The third kappa shape index (κ3) is 2.35. The van der Waals surface area contributed by atoms with Gasteiger partial charge in [-0.2, -0.15) is 0 Å². The fraction of sp³-hybridized carbons (Fsp3) is 0.625. The molecule has 0 aliphatic carbocycles. The minimum Gasteiger partial charge on any atom is -0.372 e. The van der Waals surface area contributed by atoms with E-state index in [0.717, 1.165) is 25.2 Å². The van der Waals surface area contributed by atoms with Crippen molar-refractivity contribution in [3.05, 3.63) is 12.7 Å². The monoisotopic (exact) mass is 153 g/mol. The number of nitrogens with zero attached hydrogens (tertiary/aromatic N) is 1. The summed E-state index contributed by atoms with van der Waals surface area (Å²) in [5.74, 6) is 1.05. The molecular formula is C8H15N3. The summed E-state index contributed by atoms with van der Waals surface area (Å²) < 4.78 is 0. The zero-order chi connectivity index (χ0) is 8.10. The van der Waals surface area contributed by atoms with Crippen molar-refractivity contribution in [2.75, 3.05) is 13.1 Å². The van der Waals surface area contributed by atoms with Gasteiger partial charge in [0.25, 0.3) is 0 Å². The Morgan fingerprint density at radius 1 is 1.82 bits per heavy atom. The first-order chi connectivity index (χ1) is 5.36. The summed E-state index contributed by atoms with van der Waals surface area (Å²) in [7, 11) is 0. The lowest BCUT2D eigenvalue weighted by Crippen LogP contribution is -2.22.